The molecular weight excluding hydrogens is 318 g/mol. The van der Waals surface area contributed by atoms with Gasteiger partial charge in [-0.05, 0) is 42.7 Å². The summed E-state index contributed by atoms with van der Waals surface area (Å²) in [6, 6.07) is 12.7. The first kappa shape index (κ1) is 18.5. The van der Waals surface area contributed by atoms with Gasteiger partial charge >= 0.3 is 0 Å². The van der Waals surface area contributed by atoms with Crippen molar-refractivity contribution in [1.29, 1.82) is 0 Å². The zero-order valence-corrected chi connectivity index (χ0v) is 14.7. The van der Waals surface area contributed by atoms with Crippen LogP contribution in [0.2, 0.25) is 0 Å². The third kappa shape index (κ3) is 5.08. The normalized spacial score (nSPS) is 10.4. The number of ether oxygens (including phenoxy) is 2. The number of nitrogens with one attached hydrogen (secondary N) is 1. The van der Waals surface area contributed by atoms with Crippen LogP contribution in [-0.4, -0.2) is 25.4 Å². The number of amides is 1. The van der Waals surface area contributed by atoms with Gasteiger partial charge in [-0.15, -0.1) is 0 Å². The van der Waals surface area contributed by atoms with Gasteiger partial charge in [0.2, 0.25) is 0 Å². The molecule has 0 unspecified atom stereocenters. The predicted octanol–water partition coefficient (Wildman–Crippen LogP) is 4.04. The molecule has 5 nitrogen and oxygen atoms in total. The molecule has 0 spiro atoms. The summed E-state index contributed by atoms with van der Waals surface area (Å²) in [5, 5.41) is 2.77. The van der Waals surface area contributed by atoms with E-state index >= 15 is 0 Å². The Kier molecular flexibility index (Phi) is 6.57. The zero-order valence-electron chi connectivity index (χ0n) is 14.7. The van der Waals surface area contributed by atoms with Crippen molar-refractivity contribution in [1.82, 2.24) is 0 Å². The average molecular weight is 341 g/mol. The summed E-state index contributed by atoms with van der Waals surface area (Å²) in [5.74, 6) is 0.858. The van der Waals surface area contributed by atoms with E-state index in [4.69, 9.17) is 9.47 Å². The Morgan fingerprint density at radius 3 is 2.44 bits per heavy atom. The minimum atomic E-state index is -0.305. The van der Waals surface area contributed by atoms with E-state index in [1.807, 2.05) is 31.2 Å². The van der Waals surface area contributed by atoms with Gasteiger partial charge in [-0.3, -0.25) is 9.59 Å². The van der Waals surface area contributed by atoms with E-state index in [1.165, 1.54) is 5.56 Å². The molecule has 25 heavy (non-hydrogen) atoms. The van der Waals surface area contributed by atoms with Gasteiger partial charge < -0.3 is 14.8 Å². The van der Waals surface area contributed by atoms with E-state index in [2.05, 4.69) is 19.2 Å². The fourth-order valence-electron chi connectivity index (χ4n) is 2.34. The van der Waals surface area contributed by atoms with E-state index in [9.17, 15) is 9.59 Å². The van der Waals surface area contributed by atoms with Crippen LogP contribution in [0.4, 0.5) is 5.69 Å². The highest BCUT2D eigenvalue weighted by Gasteiger charge is 2.13. The maximum absolute atomic E-state index is 12.1. The number of hydrogen-bond donors (Lipinski definition) is 1. The first-order chi connectivity index (χ1) is 12.0. The summed E-state index contributed by atoms with van der Waals surface area (Å²) in [7, 11) is 0. The molecule has 0 bridgehead atoms. The molecule has 0 atom stereocenters. The Hall–Kier alpha value is -2.82. The van der Waals surface area contributed by atoms with Crippen molar-refractivity contribution >= 4 is 17.9 Å². The van der Waals surface area contributed by atoms with Gasteiger partial charge in [-0.1, -0.05) is 32.0 Å². The topological polar surface area (TPSA) is 64.6 Å². The standard InChI is InChI=1S/C20H23NO4/c1-4-24-18-7-5-6-16(12-22)20(18)25-13-19(23)21-17-10-8-15(9-11-17)14(2)3/h5-12,14H,4,13H2,1-3H3,(H,21,23). The van der Waals surface area contributed by atoms with Gasteiger partial charge in [-0.2, -0.15) is 0 Å². The van der Waals surface area contributed by atoms with Gasteiger partial charge in [-0.25, -0.2) is 0 Å². The number of aldehydes is 1. The summed E-state index contributed by atoms with van der Waals surface area (Å²) in [4.78, 5) is 23.3. The maximum Gasteiger partial charge on any atom is 0.262 e. The fraction of sp³-hybridized carbons (Fsp3) is 0.300. The van der Waals surface area contributed by atoms with Crippen LogP contribution in [0, 0.1) is 0 Å². The molecule has 0 aliphatic rings. The number of rotatable bonds is 8. The van der Waals surface area contributed by atoms with Gasteiger partial charge in [0.05, 0.1) is 12.2 Å². The monoisotopic (exact) mass is 341 g/mol. The molecule has 1 amide bonds. The molecule has 0 aromatic heterocycles. The minimum Gasteiger partial charge on any atom is -0.490 e. The molecular formula is C20H23NO4. The third-order valence-electron chi connectivity index (χ3n) is 3.64. The van der Waals surface area contributed by atoms with Crippen molar-refractivity contribution in [3.63, 3.8) is 0 Å². The van der Waals surface area contributed by atoms with Gasteiger partial charge in [0.25, 0.3) is 5.91 Å². The molecule has 0 aliphatic carbocycles. The lowest BCUT2D eigenvalue weighted by molar-refractivity contribution is -0.118. The molecule has 1 N–H and O–H groups in total. The molecule has 0 radical (unpaired) electrons. The maximum atomic E-state index is 12.1. The first-order valence-corrected chi connectivity index (χ1v) is 8.28. The smallest absolute Gasteiger partial charge is 0.262 e. The van der Waals surface area contributed by atoms with Crippen LogP contribution in [0.15, 0.2) is 42.5 Å². The Balaban J connectivity index is 2.01. The summed E-state index contributed by atoms with van der Waals surface area (Å²) in [6.45, 7) is 6.29. The summed E-state index contributed by atoms with van der Waals surface area (Å²) < 4.78 is 11.0. The van der Waals surface area contributed by atoms with Crippen molar-refractivity contribution in [2.24, 2.45) is 0 Å². The van der Waals surface area contributed by atoms with Crippen molar-refractivity contribution in [3.8, 4) is 11.5 Å². The molecule has 132 valence electrons. The highest BCUT2D eigenvalue weighted by molar-refractivity contribution is 5.92. The van der Waals surface area contributed by atoms with Crippen molar-refractivity contribution < 1.29 is 19.1 Å². The minimum absolute atomic E-state index is 0.211. The summed E-state index contributed by atoms with van der Waals surface area (Å²) in [5.41, 5.74) is 2.25. The second kappa shape index (κ2) is 8.87. The van der Waals surface area contributed by atoms with Crippen LogP contribution >= 0.6 is 0 Å². The summed E-state index contributed by atoms with van der Waals surface area (Å²) in [6.07, 6.45) is 0.681. The number of hydrogen-bond acceptors (Lipinski definition) is 4. The SMILES string of the molecule is CCOc1cccc(C=O)c1OCC(=O)Nc1ccc(C(C)C)cc1. The highest BCUT2D eigenvalue weighted by atomic mass is 16.5. The van der Waals surface area contributed by atoms with Crippen LogP contribution in [-0.2, 0) is 4.79 Å². The molecule has 0 heterocycles. The average Bonchev–Trinajstić information content (AvgIpc) is 2.61. The molecule has 2 aromatic rings. The van der Waals surface area contributed by atoms with Crippen LogP contribution < -0.4 is 14.8 Å². The third-order valence-corrected chi connectivity index (χ3v) is 3.64. The van der Waals surface area contributed by atoms with E-state index in [0.29, 0.717) is 35.8 Å². The molecule has 0 fully saturated rings. The zero-order chi connectivity index (χ0) is 18.2. The van der Waals surface area contributed by atoms with Crippen LogP contribution in [0.5, 0.6) is 11.5 Å². The molecule has 0 aliphatic heterocycles. The second-order valence-corrected chi connectivity index (χ2v) is 5.84. The number of carbonyl (C=O) groups excluding carboxylic acids is 2. The Morgan fingerprint density at radius 1 is 1.12 bits per heavy atom. The fourth-order valence-corrected chi connectivity index (χ4v) is 2.34. The van der Waals surface area contributed by atoms with Crippen LogP contribution in [0.3, 0.4) is 0 Å². The molecule has 2 aromatic carbocycles. The van der Waals surface area contributed by atoms with E-state index < -0.39 is 0 Å². The van der Waals surface area contributed by atoms with E-state index in [0.717, 1.165) is 0 Å². The second-order valence-electron chi connectivity index (χ2n) is 5.84. The Labute approximate surface area is 148 Å². The van der Waals surface area contributed by atoms with Gasteiger partial charge in [0.1, 0.15) is 0 Å². The Morgan fingerprint density at radius 2 is 1.84 bits per heavy atom. The van der Waals surface area contributed by atoms with E-state index in [-0.39, 0.29) is 18.3 Å². The highest BCUT2D eigenvalue weighted by Crippen LogP contribution is 2.30. The lowest BCUT2D eigenvalue weighted by Crippen LogP contribution is -2.20. The van der Waals surface area contributed by atoms with Gasteiger partial charge in [0, 0.05) is 5.69 Å². The van der Waals surface area contributed by atoms with Crippen LogP contribution in [0.1, 0.15) is 42.6 Å². The number of benzene rings is 2. The molecule has 0 saturated heterocycles. The molecule has 0 saturated carbocycles. The molecule has 2 rings (SSSR count). The van der Waals surface area contributed by atoms with Crippen molar-refractivity contribution in [3.05, 3.63) is 53.6 Å². The Bertz CT molecular complexity index is 723. The quantitative estimate of drug-likeness (QED) is 0.736. The number of carbonyl (C=O) groups is 2. The molecule has 5 heteroatoms. The van der Waals surface area contributed by atoms with Crippen molar-refractivity contribution in [2.75, 3.05) is 18.5 Å². The number of para-hydroxylation sites is 1. The van der Waals surface area contributed by atoms with Gasteiger partial charge in [0.15, 0.2) is 24.4 Å². The lowest BCUT2D eigenvalue weighted by atomic mass is 10.0. The largest absolute Gasteiger partial charge is 0.490 e. The number of anilines is 1. The van der Waals surface area contributed by atoms with E-state index in [1.54, 1.807) is 18.2 Å². The lowest BCUT2D eigenvalue weighted by Gasteiger charge is -2.14. The summed E-state index contributed by atoms with van der Waals surface area (Å²) >= 11 is 0. The predicted molar refractivity (Wildman–Crippen MR) is 97.7 cm³/mol. The van der Waals surface area contributed by atoms with Crippen LogP contribution in [0.25, 0.3) is 0 Å². The first-order valence-electron chi connectivity index (χ1n) is 8.28. The van der Waals surface area contributed by atoms with Crippen molar-refractivity contribution in [2.45, 2.75) is 26.7 Å².